The van der Waals surface area contributed by atoms with Crippen molar-refractivity contribution < 1.29 is 0 Å². The van der Waals surface area contributed by atoms with Crippen LogP contribution >= 0.6 is 0 Å². The van der Waals surface area contributed by atoms with Crippen LogP contribution in [0.3, 0.4) is 0 Å². The van der Waals surface area contributed by atoms with Gasteiger partial charge in [0.15, 0.2) is 0 Å². The van der Waals surface area contributed by atoms with E-state index in [1.807, 2.05) is 31.1 Å². The Hall–Kier alpha value is -2.34. The van der Waals surface area contributed by atoms with E-state index >= 15 is 0 Å². The van der Waals surface area contributed by atoms with E-state index in [0.29, 0.717) is 11.4 Å². The summed E-state index contributed by atoms with van der Waals surface area (Å²) in [7, 11) is 3.80. The van der Waals surface area contributed by atoms with Crippen molar-refractivity contribution in [3.8, 4) is 17.3 Å². The maximum Gasteiger partial charge on any atom is 0.146 e. The number of rotatable bonds is 2. The van der Waals surface area contributed by atoms with Crippen LogP contribution in [0.25, 0.3) is 11.3 Å². The molecule has 1 aromatic carbocycles. The molecule has 0 saturated heterocycles. The predicted molar refractivity (Wildman–Crippen MR) is 78.2 cm³/mol. The summed E-state index contributed by atoms with van der Waals surface area (Å²) in [6.45, 7) is 4.14. The van der Waals surface area contributed by atoms with Crippen molar-refractivity contribution in [3.63, 3.8) is 0 Å². The van der Waals surface area contributed by atoms with E-state index in [2.05, 4.69) is 43.1 Å². The number of anilines is 1. The molecule has 0 radical (unpaired) electrons. The zero-order valence-corrected chi connectivity index (χ0v) is 11.7. The molecule has 3 nitrogen and oxygen atoms in total. The maximum atomic E-state index is 9.11. The van der Waals surface area contributed by atoms with Gasteiger partial charge in [-0.3, -0.25) is 0 Å². The Labute approximate surface area is 114 Å². The largest absolute Gasteiger partial charge is 0.362 e. The summed E-state index contributed by atoms with van der Waals surface area (Å²) in [5.74, 6) is 0.709. The first-order valence-corrected chi connectivity index (χ1v) is 6.19. The van der Waals surface area contributed by atoms with Crippen LogP contribution in [0.2, 0.25) is 0 Å². The van der Waals surface area contributed by atoms with Crippen LogP contribution in [0.4, 0.5) is 5.82 Å². The highest BCUT2D eigenvalue weighted by atomic mass is 15.1. The van der Waals surface area contributed by atoms with E-state index in [0.717, 1.165) is 11.3 Å². The lowest BCUT2D eigenvalue weighted by Gasteiger charge is -2.15. The SMILES string of the molecule is Cc1ccc(C)c(-c2ccc(C#N)c(N(C)C)n2)c1. The van der Waals surface area contributed by atoms with E-state index < -0.39 is 0 Å². The minimum Gasteiger partial charge on any atom is -0.362 e. The topological polar surface area (TPSA) is 39.9 Å². The second kappa shape index (κ2) is 5.11. The van der Waals surface area contributed by atoms with Gasteiger partial charge >= 0.3 is 0 Å². The van der Waals surface area contributed by atoms with Crippen LogP contribution in [0.15, 0.2) is 30.3 Å². The number of pyridine rings is 1. The fourth-order valence-electron chi connectivity index (χ4n) is 2.04. The molecule has 19 heavy (non-hydrogen) atoms. The molecule has 0 unspecified atom stereocenters. The highest BCUT2D eigenvalue weighted by Crippen LogP contribution is 2.26. The molecule has 2 aromatic rings. The van der Waals surface area contributed by atoms with Gasteiger partial charge in [0.1, 0.15) is 11.9 Å². The number of aromatic nitrogens is 1. The second-order valence-corrected chi connectivity index (χ2v) is 4.89. The van der Waals surface area contributed by atoms with E-state index in [1.54, 1.807) is 0 Å². The van der Waals surface area contributed by atoms with Crippen LogP contribution in [0, 0.1) is 25.2 Å². The Morgan fingerprint density at radius 3 is 2.47 bits per heavy atom. The molecule has 0 fully saturated rings. The van der Waals surface area contributed by atoms with Gasteiger partial charge in [0.25, 0.3) is 0 Å². The first-order valence-electron chi connectivity index (χ1n) is 6.19. The predicted octanol–water partition coefficient (Wildman–Crippen LogP) is 3.30. The van der Waals surface area contributed by atoms with Crippen molar-refractivity contribution in [2.45, 2.75) is 13.8 Å². The average Bonchev–Trinajstić information content (AvgIpc) is 2.40. The highest BCUT2D eigenvalue weighted by molar-refractivity contribution is 5.68. The fraction of sp³-hybridized carbons (Fsp3) is 0.250. The summed E-state index contributed by atoms with van der Waals surface area (Å²) in [5, 5.41) is 9.11. The van der Waals surface area contributed by atoms with Gasteiger partial charge in [-0.25, -0.2) is 4.98 Å². The molecule has 1 aromatic heterocycles. The molecular formula is C16H17N3. The Morgan fingerprint density at radius 2 is 1.84 bits per heavy atom. The number of aryl methyl sites for hydroxylation is 2. The summed E-state index contributed by atoms with van der Waals surface area (Å²) >= 11 is 0. The molecule has 0 saturated carbocycles. The van der Waals surface area contributed by atoms with Crippen molar-refractivity contribution >= 4 is 5.82 Å². The molecule has 1 heterocycles. The number of benzene rings is 1. The molecular weight excluding hydrogens is 234 g/mol. The number of hydrogen-bond acceptors (Lipinski definition) is 3. The molecule has 0 spiro atoms. The average molecular weight is 251 g/mol. The normalized spacial score (nSPS) is 10.1. The van der Waals surface area contributed by atoms with Gasteiger partial charge in [-0.1, -0.05) is 17.7 Å². The van der Waals surface area contributed by atoms with Crippen molar-refractivity contribution in [2.75, 3.05) is 19.0 Å². The molecule has 0 bridgehead atoms. The van der Waals surface area contributed by atoms with Gasteiger partial charge < -0.3 is 4.90 Å². The minimum atomic E-state index is 0.596. The van der Waals surface area contributed by atoms with Gasteiger partial charge in [-0.05, 0) is 37.6 Å². The first kappa shape index (κ1) is 13.1. The number of nitrogens with zero attached hydrogens (tertiary/aromatic N) is 3. The Balaban J connectivity index is 2.61. The Morgan fingerprint density at radius 1 is 1.11 bits per heavy atom. The van der Waals surface area contributed by atoms with E-state index in [4.69, 9.17) is 5.26 Å². The molecule has 0 aliphatic rings. The van der Waals surface area contributed by atoms with E-state index in [9.17, 15) is 0 Å². The van der Waals surface area contributed by atoms with Crippen molar-refractivity contribution in [3.05, 3.63) is 47.0 Å². The van der Waals surface area contributed by atoms with Crippen LogP contribution < -0.4 is 4.90 Å². The third-order valence-electron chi connectivity index (χ3n) is 3.09. The maximum absolute atomic E-state index is 9.11. The van der Waals surface area contributed by atoms with Crippen molar-refractivity contribution in [1.29, 1.82) is 5.26 Å². The van der Waals surface area contributed by atoms with Gasteiger partial charge in [0.05, 0.1) is 11.3 Å². The monoisotopic (exact) mass is 251 g/mol. The summed E-state index contributed by atoms with van der Waals surface area (Å²) < 4.78 is 0. The zero-order valence-electron chi connectivity index (χ0n) is 11.7. The summed E-state index contributed by atoms with van der Waals surface area (Å²) in [6.07, 6.45) is 0. The summed E-state index contributed by atoms with van der Waals surface area (Å²) in [5.41, 5.74) is 5.02. The molecule has 3 heteroatoms. The second-order valence-electron chi connectivity index (χ2n) is 4.89. The molecule has 0 aliphatic carbocycles. The lowest BCUT2D eigenvalue weighted by Crippen LogP contribution is -2.12. The molecule has 0 N–H and O–H groups in total. The van der Waals surface area contributed by atoms with Gasteiger partial charge in [-0.15, -0.1) is 0 Å². The van der Waals surface area contributed by atoms with Crippen LogP contribution in [0.5, 0.6) is 0 Å². The van der Waals surface area contributed by atoms with Crippen molar-refractivity contribution in [2.24, 2.45) is 0 Å². The van der Waals surface area contributed by atoms with E-state index in [1.165, 1.54) is 11.1 Å². The summed E-state index contributed by atoms with van der Waals surface area (Å²) in [6, 6.07) is 12.2. The molecule has 2 rings (SSSR count). The van der Waals surface area contributed by atoms with Crippen LogP contribution in [-0.2, 0) is 0 Å². The lowest BCUT2D eigenvalue weighted by molar-refractivity contribution is 1.06. The van der Waals surface area contributed by atoms with Gasteiger partial charge in [0.2, 0.25) is 0 Å². The zero-order chi connectivity index (χ0) is 14.0. The third-order valence-corrected chi connectivity index (χ3v) is 3.09. The quantitative estimate of drug-likeness (QED) is 0.822. The highest BCUT2D eigenvalue weighted by Gasteiger charge is 2.10. The minimum absolute atomic E-state index is 0.596. The van der Waals surface area contributed by atoms with E-state index in [-0.39, 0.29) is 0 Å². The number of hydrogen-bond donors (Lipinski definition) is 0. The summed E-state index contributed by atoms with van der Waals surface area (Å²) in [4.78, 5) is 6.49. The Bertz CT molecular complexity index is 652. The fourth-order valence-corrected chi connectivity index (χ4v) is 2.04. The standard InChI is InChI=1S/C16H17N3/c1-11-5-6-12(2)14(9-11)15-8-7-13(10-17)16(18-15)19(3)4/h5-9H,1-4H3. The molecule has 0 aliphatic heterocycles. The lowest BCUT2D eigenvalue weighted by atomic mass is 10.0. The molecule has 0 amide bonds. The smallest absolute Gasteiger partial charge is 0.146 e. The van der Waals surface area contributed by atoms with Crippen LogP contribution in [-0.4, -0.2) is 19.1 Å². The van der Waals surface area contributed by atoms with Gasteiger partial charge in [-0.2, -0.15) is 5.26 Å². The third kappa shape index (κ3) is 2.58. The van der Waals surface area contributed by atoms with Gasteiger partial charge in [0, 0.05) is 19.7 Å². The van der Waals surface area contributed by atoms with Crippen molar-refractivity contribution in [1.82, 2.24) is 4.98 Å². The van der Waals surface area contributed by atoms with Crippen LogP contribution in [0.1, 0.15) is 16.7 Å². The first-order chi connectivity index (χ1) is 9.02. The molecule has 0 atom stereocenters. The number of nitriles is 1. The molecule has 96 valence electrons. The Kier molecular flexibility index (Phi) is 3.52.